The van der Waals surface area contributed by atoms with Crippen LogP contribution in [0.15, 0.2) is 53.4 Å². The van der Waals surface area contributed by atoms with Crippen molar-refractivity contribution in [2.45, 2.75) is 11.8 Å². The third-order valence-electron chi connectivity index (χ3n) is 3.35. The molecule has 0 aliphatic rings. The lowest BCUT2D eigenvalue weighted by Gasteiger charge is -2.02. The molecule has 3 aromatic rings. The van der Waals surface area contributed by atoms with E-state index in [1.165, 1.54) is 29.2 Å². The molecule has 25 heavy (non-hydrogen) atoms. The number of benzene rings is 2. The molecule has 1 heterocycles. The highest BCUT2D eigenvalue weighted by molar-refractivity contribution is 8.00. The van der Waals surface area contributed by atoms with Gasteiger partial charge < -0.3 is 5.32 Å². The van der Waals surface area contributed by atoms with Crippen molar-refractivity contribution < 1.29 is 13.6 Å². The number of rotatable bonds is 5. The number of nitrogens with one attached hydrogen (secondary N) is 1. The van der Waals surface area contributed by atoms with E-state index in [-0.39, 0.29) is 11.7 Å². The van der Waals surface area contributed by atoms with Gasteiger partial charge in [-0.05, 0) is 37.3 Å². The summed E-state index contributed by atoms with van der Waals surface area (Å²) in [6.45, 7) is 1.82. The van der Waals surface area contributed by atoms with Crippen molar-refractivity contribution in [2.75, 3.05) is 11.1 Å². The van der Waals surface area contributed by atoms with Crippen LogP contribution in [0.4, 0.5) is 13.9 Å². The number of thioether (sulfide) groups is 1. The van der Waals surface area contributed by atoms with Crippen LogP contribution in [0.25, 0.3) is 11.3 Å². The lowest BCUT2D eigenvalue weighted by atomic mass is 10.1. The molecule has 1 amide bonds. The molecule has 0 bridgehead atoms. The zero-order valence-corrected chi connectivity index (χ0v) is 14.9. The van der Waals surface area contributed by atoms with Crippen molar-refractivity contribution in [3.05, 3.63) is 65.0 Å². The van der Waals surface area contributed by atoms with Gasteiger partial charge >= 0.3 is 0 Å². The van der Waals surface area contributed by atoms with Crippen LogP contribution in [0.3, 0.4) is 0 Å². The van der Waals surface area contributed by atoms with Crippen molar-refractivity contribution in [1.29, 1.82) is 0 Å². The third kappa shape index (κ3) is 4.43. The van der Waals surface area contributed by atoms with E-state index in [1.54, 1.807) is 0 Å². The molecule has 1 N–H and O–H groups in total. The number of halogens is 2. The fraction of sp³-hybridized carbons (Fsp3) is 0.111. The Morgan fingerprint density at radius 3 is 2.64 bits per heavy atom. The fourth-order valence-corrected chi connectivity index (χ4v) is 3.75. The number of anilines is 1. The number of hydrogen-bond donors (Lipinski definition) is 1. The highest BCUT2D eigenvalue weighted by atomic mass is 32.2. The summed E-state index contributed by atoms with van der Waals surface area (Å²) in [6, 6.07) is 13.3. The third-order valence-corrected chi connectivity index (χ3v) is 5.25. The van der Waals surface area contributed by atoms with Crippen LogP contribution in [0.5, 0.6) is 0 Å². The number of carbonyl (C=O) groups is 1. The average molecular weight is 376 g/mol. The number of carbonyl (C=O) groups excluding carboxylic acids is 1. The van der Waals surface area contributed by atoms with Crippen LogP contribution in [0.1, 0.15) is 4.88 Å². The smallest absolute Gasteiger partial charge is 0.236 e. The van der Waals surface area contributed by atoms with Crippen molar-refractivity contribution in [3.8, 4) is 11.3 Å². The van der Waals surface area contributed by atoms with Gasteiger partial charge in [0.05, 0.1) is 11.4 Å². The van der Waals surface area contributed by atoms with Gasteiger partial charge in [0, 0.05) is 15.3 Å². The van der Waals surface area contributed by atoms with Crippen LogP contribution < -0.4 is 5.32 Å². The van der Waals surface area contributed by atoms with Gasteiger partial charge in [-0.25, -0.2) is 13.8 Å². The molecule has 1 aromatic heterocycles. The van der Waals surface area contributed by atoms with Crippen molar-refractivity contribution in [3.63, 3.8) is 0 Å². The second kappa shape index (κ2) is 7.76. The summed E-state index contributed by atoms with van der Waals surface area (Å²) in [6.07, 6.45) is 0. The molecule has 0 atom stereocenters. The number of amides is 1. The molecule has 0 unspecified atom stereocenters. The van der Waals surface area contributed by atoms with Gasteiger partial charge in [-0.15, -0.1) is 23.1 Å². The standard InChI is InChI=1S/C18H14F2N2OS2/c1-11-17(12-7-8-14(19)15(20)9-12)22-18(25-11)21-16(23)10-24-13-5-3-2-4-6-13/h2-9H,10H2,1H3,(H,21,22,23). The van der Waals surface area contributed by atoms with Gasteiger partial charge in [-0.3, -0.25) is 4.79 Å². The molecule has 2 aromatic carbocycles. The molecule has 0 aliphatic carbocycles. The zero-order chi connectivity index (χ0) is 17.8. The van der Waals surface area contributed by atoms with E-state index in [0.29, 0.717) is 16.4 Å². The Bertz CT molecular complexity index is 897. The Labute approximate surface area is 152 Å². The van der Waals surface area contributed by atoms with Crippen molar-refractivity contribution >= 4 is 34.1 Å². The first kappa shape index (κ1) is 17.6. The van der Waals surface area contributed by atoms with Gasteiger partial charge in [0.15, 0.2) is 16.8 Å². The molecule has 0 aliphatic heterocycles. The van der Waals surface area contributed by atoms with E-state index in [9.17, 15) is 13.6 Å². The second-order valence-corrected chi connectivity index (χ2v) is 7.45. The summed E-state index contributed by atoms with van der Waals surface area (Å²) in [5, 5.41) is 3.19. The summed E-state index contributed by atoms with van der Waals surface area (Å²) in [4.78, 5) is 18.2. The number of aryl methyl sites for hydroxylation is 1. The van der Waals surface area contributed by atoms with E-state index in [4.69, 9.17) is 0 Å². The molecule has 3 nitrogen and oxygen atoms in total. The fourth-order valence-electron chi connectivity index (χ4n) is 2.18. The highest BCUT2D eigenvalue weighted by Crippen LogP contribution is 2.31. The number of nitrogens with zero attached hydrogens (tertiary/aromatic N) is 1. The minimum atomic E-state index is -0.922. The maximum absolute atomic E-state index is 13.4. The molecule has 0 saturated heterocycles. The van der Waals surface area contributed by atoms with Crippen LogP contribution in [0, 0.1) is 18.6 Å². The van der Waals surface area contributed by atoms with Gasteiger partial charge in [0.25, 0.3) is 0 Å². The minimum Gasteiger partial charge on any atom is -0.301 e. The SMILES string of the molecule is Cc1sc(NC(=O)CSc2ccccc2)nc1-c1ccc(F)c(F)c1. The molecular formula is C18H14F2N2OS2. The largest absolute Gasteiger partial charge is 0.301 e. The highest BCUT2D eigenvalue weighted by Gasteiger charge is 2.14. The van der Waals surface area contributed by atoms with Crippen molar-refractivity contribution in [1.82, 2.24) is 4.98 Å². The minimum absolute atomic E-state index is 0.167. The molecule has 0 saturated carbocycles. The predicted octanol–water partition coefficient (Wildman–Crippen LogP) is 5.13. The molecular weight excluding hydrogens is 362 g/mol. The lowest BCUT2D eigenvalue weighted by Crippen LogP contribution is -2.13. The van der Waals surface area contributed by atoms with Gasteiger partial charge in [-0.2, -0.15) is 0 Å². The second-order valence-electron chi connectivity index (χ2n) is 5.20. The average Bonchev–Trinajstić information content (AvgIpc) is 2.96. The first-order valence-corrected chi connectivity index (χ1v) is 9.23. The number of aromatic nitrogens is 1. The van der Waals surface area contributed by atoms with E-state index < -0.39 is 11.6 Å². The summed E-state index contributed by atoms with van der Waals surface area (Å²) < 4.78 is 26.5. The summed E-state index contributed by atoms with van der Waals surface area (Å²) >= 11 is 2.73. The van der Waals surface area contributed by atoms with Crippen molar-refractivity contribution in [2.24, 2.45) is 0 Å². The zero-order valence-electron chi connectivity index (χ0n) is 13.3. The lowest BCUT2D eigenvalue weighted by molar-refractivity contribution is -0.113. The maximum atomic E-state index is 13.4. The predicted molar refractivity (Wildman–Crippen MR) is 98.0 cm³/mol. The Morgan fingerprint density at radius 1 is 1.16 bits per heavy atom. The van der Waals surface area contributed by atoms with Gasteiger partial charge in [0.1, 0.15) is 0 Å². The number of thiazole rings is 1. The maximum Gasteiger partial charge on any atom is 0.236 e. The van der Waals surface area contributed by atoms with Gasteiger partial charge in [0.2, 0.25) is 5.91 Å². The number of hydrogen-bond acceptors (Lipinski definition) is 4. The Morgan fingerprint density at radius 2 is 1.92 bits per heavy atom. The molecule has 7 heteroatoms. The molecule has 128 valence electrons. The van der Waals surface area contributed by atoms with Crippen LogP contribution in [0.2, 0.25) is 0 Å². The topological polar surface area (TPSA) is 42.0 Å². The van der Waals surface area contributed by atoms with Crippen LogP contribution in [-0.2, 0) is 4.79 Å². The molecule has 0 radical (unpaired) electrons. The van der Waals surface area contributed by atoms with E-state index in [2.05, 4.69) is 10.3 Å². The first-order valence-electron chi connectivity index (χ1n) is 7.43. The summed E-state index contributed by atoms with van der Waals surface area (Å²) in [5.74, 6) is -1.72. The van der Waals surface area contributed by atoms with E-state index in [1.807, 2.05) is 37.3 Å². The van der Waals surface area contributed by atoms with Crippen LogP contribution >= 0.6 is 23.1 Å². The quantitative estimate of drug-likeness (QED) is 0.628. The Kier molecular flexibility index (Phi) is 5.45. The van der Waals surface area contributed by atoms with Gasteiger partial charge in [-0.1, -0.05) is 18.2 Å². The monoisotopic (exact) mass is 376 g/mol. The molecule has 0 fully saturated rings. The summed E-state index contributed by atoms with van der Waals surface area (Å²) in [5.41, 5.74) is 1.02. The van der Waals surface area contributed by atoms with Crippen LogP contribution in [-0.4, -0.2) is 16.6 Å². The summed E-state index contributed by atoms with van der Waals surface area (Å²) in [7, 11) is 0. The molecule has 3 rings (SSSR count). The van der Waals surface area contributed by atoms with E-state index in [0.717, 1.165) is 21.9 Å². The first-order chi connectivity index (χ1) is 12.0. The van der Waals surface area contributed by atoms with E-state index >= 15 is 0 Å². The Balaban J connectivity index is 1.67. The normalized spacial score (nSPS) is 10.7. The Hall–Kier alpha value is -2.25. The molecule has 0 spiro atoms.